The van der Waals surface area contributed by atoms with Crippen LogP contribution in [-0.4, -0.2) is 18.6 Å². The zero-order valence-electron chi connectivity index (χ0n) is 10.0. The van der Waals surface area contributed by atoms with E-state index in [1.165, 1.54) is 0 Å². The summed E-state index contributed by atoms with van der Waals surface area (Å²) in [6.45, 7) is 7.68. The van der Waals surface area contributed by atoms with Crippen molar-refractivity contribution in [1.82, 2.24) is 4.98 Å². The van der Waals surface area contributed by atoms with E-state index in [2.05, 4.69) is 31.1 Å². The van der Waals surface area contributed by atoms with Crippen LogP contribution in [0.1, 0.15) is 27.2 Å². The van der Waals surface area contributed by atoms with E-state index in [0.29, 0.717) is 11.3 Å². The molecule has 0 radical (unpaired) electrons. The van der Waals surface area contributed by atoms with Gasteiger partial charge in [-0.15, -0.1) is 0 Å². The lowest BCUT2D eigenvalue weighted by molar-refractivity contribution is 0.389. The Morgan fingerprint density at radius 3 is 2.73 bits per heavy atom. The number of aromatic nitrogens is 1. The molecular formula is C12H20N2O. The summed E-state index contributed by atoms with van der Waals surface area (Å²) in [4.78, 5) is 4.05. The highest BCUT2D eigenvalue weighted by Gasteiger charge is 2.08. The standard InChI is InChI=1S/C12H20N2O/c1-12(2,3)6-8-13-10-5-7-14-11(9-10)15-4/h5,7,9H,6,8H2,1-4H3,(H,13,14). The Labute approximate surface area is 91.9 Å². The van der Waals surface area contributed by atoms with Crippen molar-refractivity contribution in [3.63, 3.8) is 0 Å². The number of methoxy groups -OCH3 is 1. The van der Waals surface area contributed by atoms with Crippen molar-refractivity contribution in [2.24, 2.45) is 5.41 Å². The normalized spacial score (nSPS) is 11.2. The molecule has 1 rings (SSSR count). The minimum Gasteiger partial charge on any atom is -0.481 e. The molecule has 1 aromatic rings. The van der Waals surface area contributed by atoms with Crippen molar-refractivity contribution < 1.29 is 4.74 Å². The highest BCUT2D eigenvalue weighted by atomic mass is 16.5. The molecule has 0 saturated carbocycles. The Morgan fingerprint density at radius 1 is 1.40 bits per heavy atom. The Kier molecular flexibility index (Phi) is 3.95. The second-order valence-corrected chi connectivity index (χ2v) is 4.82. The second-order valence-electron chi connectivity index (χ2n) is 4.82. The summed E-state index contributed by atoms with van der Waals surface area (Å²) >= 11 is 0. The van der Waals surface area contributed by atoms with E-state index in [1.807, 2.05) is 12.1 Å². The maximum Gasteiger partial charge on any atom is 0.214 e. The largest absolute Gasteiger partial charge is 0.481 e. The Hall–Kier alpha value is -1.25. The van der Waals surface area contributed by atoms with E-state index in [0.717, 1.165) is 18.7 Å². The first kappa shape index (κ1) is 11.8. The van der Waals surface area contributed by atoms with Crippen LogP contribution in [-0.2, 0) is 0 Å². The molecule has 0 amide bonds. The lowest BCUT2D eigenvalue weighted by Crippen LogP contribution is -2.12. The summed E-state index contributed by atoms with van der Waals surface area (Å²) < 4.78 is 5.05. The molecule has 0 spiro atoms. The Balaban J connectivity index is 2.44. The molecule has 0 aliphatic carbocycles. The van der Waals surface area contributed by atoms with E-state index in [4.69, 9.17) is 4.74 Å². The minimum atomic E-state index is 0.365. The first-order valence-electron chi connectivity index (χ1n) is 5.25. The van der Waals surface area contributed by atoms with Crippen molar-refractivity contribution in [3.05, 3.63) is 18.3 Å². The number of anilines is 1. The van der Waals surface area contributed by atoms with Gasteiger partial charge in [0.2, 0.25) is 5.88 Å². The van der Waals surface area contributed by atoms with Gasteiger partial charge >= 0.3 is 0 Å². The molecular weight excluding hydrogens is 188 g/mol. The van der Waals surface area contributed by atoms with Crippen LogP contribution in [0, 0.1) is 5.41 Å². The lowest BCUT2D eigenvalue weighted by atomic mass is 9.92. The number of nitrogens with zero attached hydrogens (tertiary/aromatic N) is 1. The lowest BCUT2D eigenvalue weighted by Gasteiger charge is -2.18. The molecule has 0 atom stereocenters. The molecule has 3 heteroatoms. The van der Waals surface area contributed by atoms with E-state index < -0.39 is 0 Å². The molecule has 0 aromatic carbocycles. The van der Waals surface area contributed by atoms with Gasteiger partial charge in [-0.3, -0.25) is 0 Å². The number of hydrogen-bond donors (Lipinski definition) is 1. The number of ether oxygens (including phenoxy) is 1. The molecule has 1 N–H and O–H groups in total. The third-order valence-electron chi connectivity index (χ3n) is 2.15. The van der Waals surface area contributed by atoms with Gasteiger partial charge in [-0.25, -0.2) is 4.98 Å². The maximum absolute atomic E-state index is 5.05. The van der Waals surface area contributed by atoms with Crippen LogP contribution in [0.25, 0.3) is 0 Å². The quantitative estimate of drug-likeness (QED) is 0.826. The Bertz CT molecular complexity index is 305. The van der Waals surface area contributed by atoms with Gasteiger partial charge < -0.3 is 10.1 Å². The van der Waals surface area contributed by atoms with Gasteiger partial charge in [0.25, 0.3) is 0 Å². The first-order chi connectivity index (χ1) is 7.01. The predicted octanol–water partition coefficient (Wildman–Crippen LogP) is 2.94. The summed E-state index contributed by atoms with van der Waals surface area (Å²) in [7, 11) is 1.63. The molecule has 1 aromatic heterocycles. The summed E-state index contributed by atoms with van der Waals surface area (Å²) in [5.74, 6) is 0.649. The van der Waals surface area contributed by atoms with Gasteiger partial charge in [0.15, 0.2) is 0 Å². The van der Waals surface area contributed by atoms with Crippen LogP contribution in [0.4, 0.5) is 5.69 Å². The number of rotatable bonds is 4. The van der Waals surface area contributed by atoms with Crippen LogP contribution in [0.5, 0.6) is 5.88 Å². The zero-order valence-corrected chi connectivity index (χ0v) is 10.0. The fourth-order valence-electron chi connectivity index (χ4n) is 1.21. The summed E-state index contributed by atoms with van der Waals surface area (Å²) in [6, 6.07) is 3.85. The Morgan fingerprint density at radius 2 is 2.13 bits per heavy atom. The topological polar surface area (TPSA) is 34.1 Å². The first-order valence-corrected chi connectivity index (χ1v) is 5.25. The van der Waals surface area contributed by atoms with E-state index >= 15 is 0 Å². The molecule has 84 valence electrons. The molecule has 15 heavy (non-hydrogen) atoms. The zero-order chi connectivity index (χ0) is 11.3. The second kappa shape index (κ2) is 5.01. The molecule has 0 fully saturated rings. The van der Waals surface area contributed by atoms with E-state index in [1.54, 1.807) is 13.3 Å². The van der Waals surface area contributed by atoms with Crippen molar-refractivity contribution >= 4 is 5.69 Å². The molecule has 0 unspecified atom stereocenters. The summed E-state index contributed by atoms with van der Waals surface area (Å²) in [5.41, 5.74) is 1.43. The van der Waals surface area contributed by atoms with Gasteiger partial charge in [-0.1, -0.05) is 20.8 Å². The fourth-order valence-corrected chi connectivity index (χ4v) is 1.21. The van der Waals surface area contributed by atoms with Gasteiger partial charge in [-0.05, 0) is 17.9 Å². The number of hydrogen-bond acceptors (Lipinski definition) is 3. The molecule has 1 heterocycles. The summed E-state index contributed by atoms with van der Waals surface area (Å²) in [5, 5.41) is 3.36. The maximum atomic E-state index is 5.05. The summed E-state index contributed by atoms with van der Waals surface area (Å²) in [6.07, 6.45) is 2.88. The molecule has 0 bridgehead atoms. The molecule has 0 aliphatic rings. The molecule has 0 saturated heterocycles. The number of pyridine rings is 1. The number of nitrogens with one attached hydrogen (secondary N) is 1. The monoisotopic (exact) mass is 208 g/mol. The van der Waals surface area contributed by atoms with Crippen LogP contribution in [0.2, 0.25) is 0 Å². The van der Waals surface area contributed by atoms with Gasteiger partial charge in [0.1, 0.15) is 0 Å². The van der Waals surface area contributed by atoms with Crippen LogP contribution in [0.3, 0.4) is 0 Å². The molecule has 3 nitrogen and oxygen atoms in total. The molecule has 0 aliphatic heterocycles. The average Bonchev–Trinajstić information content (AvgIpc) is 2.16. The van der Waals surface area contributed by atoms with Crippen LogP contribution < -0.4 is 10.1 Å². The average molecular weight is 208 g/mol. The van der Waals surface area contributed by atoms with Crippen molar-refractivity contribution in [2.45, 2.75) is 27.2 Å². The van der Waals surface area contributed by atoms with Crippen molar-refractivity contribution in [1.29, 1.82) is 0 Å². The third kappa shape index (κ3) is 4.68. The van der Waals surface area contributed by atoms with Gasteiger partial charge in [-0.2, -0.15) is 0 Å². The fraction of sp³-hybridized carbons (Fsp3) is 0.583. The van der Waals surface area contributed by atoms with Gasteiger partial charge in [0.05, 0.1) is 7.11 Å². The van der Waals surface area contributed by atoms with E-state index in [-0.39, 0.29) is 0 Å². The smallest absolute Gasteiger partial charge is 0.214 e. The third-order valence-corrected chi connectivity index (χ3v) is 2.15. The van der Waals surface area contributed by atoms with Crippen molar-refractivity contribution in [3.8, 4) is 5.88 Å². The van der Waals surface area contributed by atoms with E-state index in [9.17, 15) is 0 Å². The van der Waals surface area contributed by atoms with Crippen molar-refractivity contribution in [2.75, 3.05) is 19.0 Å². The van der Waals surface area contributed by atoms with Gasteiger partial charge in [0, 0.05) is 24.5 Å². The van der Waals surface area contributed by atoms with Crippen LogP contribution in [0.15, 0.2) is 18.3 Å². The predicted molar refractivity (Wildman–Crippen MR) is 63.4 cm³/mol. The minimum absolute atomic E-state index is 0.365. The SMILES string of the molecule is COc1cc(NCCC(C)(C)C)ccn1. The highest BCUT2D eigenvalue weighted by Crippen LogP contribution is 2.19. The van der Waals surface area contributed by atoms with Crippen LogP contribution >= 0.6 is 0 Å². The highest BCUT2D eigenvalue weighted by molar-refractivity contribution is 5.44.